The number of para-hydroxylation sites is 1. The Morgan fingerprint density at radius 3 is 2.43 bits per heavy atom. The molecule has 0 amide bonds. The highest BCUT2D eigenvalue weighted by Crippen LogP contribution is 2.31. The lowest BCUT2D eigenvalue weighted by Crippen LogP contribution is -1.89. The molecule has 4 nitrogen and oxygen atoms in total. The van der Waals surface area contributed by atoms with Gasteiger partial charge in [-0.15, -0.1) is 5.11 Å². The molecule has 2 aromatic carbocycles. The van der Waals surface area contributed by atoms with Gasteiger partial charge in [-0.2, -0.15) is 5.11 Å². The molecule has 104 valence electrons. The van der Waals surface area contributed by atoms with Crippen LogP contribution in [0.1, 0.15) is 23.0 Å². The molecule has 3 rings (SSSR count). The van der Waals surface area contributed by atoms with Crippen LogP contribution < -0.4 is 0 Å². The summed E-state index contributed by atoms with van der Waals surface area (Å²) in [5.41, 5.74) is 4.29. The minimum Gasteiger partial charge on any atom is -0.357 e. The van der Waals surface area contributed by atoms with E-state index in [4.69, 9.17) is 0 Å². The van der Waals surface area contributed by atoms with Crippen LogP contribution in [0.4, 0.5) is 11.4 Å². The lowest BCUT2D eigenvalue weighted by Gasteiger charge is -1.96. The highest BCUT2D eigenvalue weighted by atomic mass is 16.1. The Bertz CT molecular complexity index is 829. The van der Waals surface area contributed by atoms with Crippen LogP contribution in [0, 0.1) is 6.92 Å². The highest BCUT2D eigenvalue weighted by Gasteiger charge is 2.06. The molecule has 0 atom stereocenters. The SMILES string of the molecule is CC(=O)c1ccc(N=Nc2c(C)[nH]c3ccccc23)cc1. The molecular weight excluding hydrogens is 262 g/mol. The maximum absolute atomic E-state index is 11.2. The monoisotopic (exact) mass is 277 g/mol. The zero-order valence-electron chi connectivity index (χ0n) is 11.9. The summed E-state index contributed by atoms with van der Waals surface area (Å²) in [6, 6.07) is 15.1. The van der Waals surface area contributed by atoms with E-state index in [0.29, 0.717) is 5.56 Å². The van der Waals surface area contributed by atoms with Crippen molar-refractivity contribution in [2.75, 3.05) is 0 Å². The fraction of sp³-hybridized carbons (Fsp3) is 0.118. The molecule has 0 unspecified atom stereocenters. The number of H-pyrrole nitrogens is 1. The van der Waals surface area contributed by atoms with E-state index in [1.54, 1.807) is 31.2 Å². The van der Waals surface area contributed by atoms with Gasteiger partial charge in [0.25, 0.3) is 0 Å². The summed E-state index contributed by atoms with van der Waals surface area (Å²) in [4.78, 5) is 14.5. The molecule has 0 radical (unpaired) electrons. The van der Waals surface area contributed by atoms with Crippen molar-refractivity contribution in [3.05, 3.63) is 59.8 Å². The number of Topliss-reactive ketones (excluding diaryl/α,β-unsaturated/α-hetero) is 1. The predicted molar refractivity (Wildman–Crippen MR) is 83.7 cm³/mol. The normalized spacial score (nSPS) is 11.3. The van der Waals surface area contributed by atoms with Gasteiger partial charge in [0.1, 0.15) is 5.69 Å². The number of hydrogen-bond acceptors (Lipinski definition) is 3. The molecule has 0 aliphatic heterocycles. The van der Waals surface area contributed by atoms with Crippen molar-refractivity contribution in [1.29, 1.82) is 0 Å². The fourth-order valence-electron chi connectivity index (χ4n) is 2.26. The van der Waals surface area contributed by atoms with Crippen LogP contribution in [0.25, 0.3) is 10.9 Å². The van der Waals surface area contributed by atoms with E-state index in [1.165, 1.54) is 0 Å². The first-order chi connectivity index (χ1) is 10.1. The number of carbonyl (C=O) groups is 1. The number of aromatic nitrogens is 1. The van der Waals surface area contributed by atoms with Gasteiger partial charge in [0.15, 0.2) is 5.78 Å². The average Bonchev–Trinajstić information content (AvgIpc) is 2.81. The number of nitrogens with zero attached hydrogens (tertiary/aromatic N) is 2. The van der Waals surface area contributed by atoms with E-state index in [2.05, 4.69) is 15.2 Å². The number of ketones is 1. The minimum atomic E-state index is 0.0472. The Balaban J connectivity index is 1.94. The number of benzene rings is 2. The van der Waals surface area contributed by atoms with Crippen molar-refractivity contribution in [2.24, 2.45) is 10.2 Å². The largest absolute Gasteiger partial charge is 0.357 e. The van der Waals surface area contributed by atoms with Gasteiger partial charge in [0, 0.05) is 22.2 Å². The average molecular weight is 277 g/mol. The van der Waals surface area contributed by atoms with Crippen LogP contribution in [-0.2, 0) is 0 Å². The van der Waals surface area contributed by atoms with Gasteiger partial charge in [-0.3, -0.25) is 4.79 Å². The zero-order valence-corrected chi connectivity index (χ0v) is 11.9. The molecule has 21 heavy (non-hydrogen) atoms. The van der Waals surface area contributed by atoms with Gasteiger partial charge in [-0.25, -0.2) is 0 Å². The quantitative estimate of drug-likeness (QED) is 0.526. The van der Waals surface area contributed by atoms with E-state index in [1.807, 2.05) is 31.2 Å². The molecular formula is C17H15N3O. The third-order valence-corrected chi connectivity index (χ3v) is 3.40. The van der Waals surface area contributed by atoms with Crippen molar-refractivity contribution in [2.45, 2.75) is 13.8 Å². The minimum absolute atomic E-state index is 0.0472. The maximum atomic E-state index is 11.2. The molecule has 1 N–H and O–H groups in total. The Morgan fingerprint density at radius 1 is 1.00 bits per heavy atom. The summed E-state index contributed by atoms with van der Waals surface area (Å²) in [5.74, 6) is 0.0472. The number of azo groups is 1. The Morgan fingerprint density at radius 2 is 1.71 bits per heavy atom. The molecule has 0 saturated heterocycles. The van der Waals surface area contributed by atoms with Gasteiger partial charge in [0.05, 0.1) is 5.69 Å². The summed E-state index contributed by atoms with van der Waals surface area (Å²) >= 11 is 0. The molecule has 0 spiro atoms. The molecule has 0 bridgehead atoms. The lowest BCUT2D eigenvalue weighted by molar-refractivity contribution is 0.101. The third kappa shape index (κ3) is 2.60. The first-order valence-corrected chi connectivity index (χ1v) is 6.75. The van der Waals surface area contributed by atoms with Gasteiger partial charge < -0.3 is 4.98 Å². The van der Waals surface area contributed by atoms with Crippen LogP contribution in [0.15, 0.2) is 58.8 Å². The first-order valence-electron chi connectivity index (χ1n) is 6.75. The van der Waals surface area contributed by atoms with Crippen molar-refractivity contribution in [1.82, 2.24) is 4.98 Å². The number of carbonyl (C=O) groups excluding carboxylic acids is 1. The molecule has 3 aromatic rings. The lowest BCUT2D eigenvalue weighted by atomic mass is 10.1. The molecule has 1 heterocycles. The maximum Gasteiger partial charge on any atom is 0.159 e. The van der Waals surface area contributed by atoms with Gasteiger partial charge in [-0.05, 0) is 44.2 Å². The number of aromatic amines is 1. The number of rotatable bonds is 3. The third-order valence-electron chi connectivity index (χ3n) is 3.40. The van der Waals surface area contributed by atoms with E-state index in [-0.39, 0.29) is 5.78 Å². The van der Waals surface area contributed by atoms with Crippen LogP contribution in [0.5, 0.6) is 0 Å². The smallest absolute Gasteiger partial charge is 0.159 e. The van der Waals surface area contributed by atoms with Crippen molar-refractivity contribution in [3.63, 3.8) is 0 Å². The van der Waals surface area contributed by atoms with Gasteiger partial charge in [0.2, 0.25) is 0 Å². The fourth-order valence-corrected chi connectivity index (χ4v) is 2.26. The standard InChI is InChI=1S/C17H15N3O/c1-11-17(15-5-3-4-6-16(15)18-11)20-19-14-9-7-13(8-10-14)12(2)21/h3-10,18H,1-2H3. The first kappa shape index (κ1) is 13.2. The van der Waals surface area contributed by atoms with Crippen molar-refractivity contribution < 1.29 is 4.79 Å². The molecule has 0 fully saturated rings. The predicted octanol–water partition coefficient (Wildman–Crippen LogP) is 5.09. The molecule has 4 heteroatoms. The topological polar surface area (TPSA) is 57.6 Å². The number of hydrogen-bond donors (Lipinski definition) is 1. The summed E-state index contributed by atoms with van der Waals surface area (Å²) in [6.07, 6.45) is 0. The van der Waals surface area contributed by atoms with Crippen LogP contribution in [0.2, 0.25) is 0 Å². The van der Waals surface area contributed by atoms with Crippen LogP contribution in [-0.4, -0.2) is 10.8 Å². The zero-order chi connectivity index (χ0) is 14.8. The summed E-state index contributed by atoms with van der Waals surface area (Å²) < 4.78 is 0. The number of nitrogens with one attached hydrogen (secondary N) is 1. The Labute approximate surface area is 122 Å². The Hall–Kier alpha value is -2.75. The number of fused-ring (bicyclic) bond motifs is 1. The van der Waals surface area contributed by atoms with Gasteiger partial charge >= 0.3 is 0 Å². The van der Waals surface area contributed by atoms with Crippen molar-refractivity contribution in [3.8, 4) is 0 Å². The summed E-state index contributed by atoms with van der Waals surface area (Å²) in [6.45, 7) is 3.53. The second-order valence-corrected chi connectivity index (χ2v) is 4.95. The second-order valence-electron chi connectivity index (χ2n) is 4.95. The van der Waals surface area contributed by atoms with E-state index >= 15 is 0 Å². The van der Waals surface area contributed by atoms with Gasteiger partial charge in [-0.1, -0.05) is 18.2 Å². The van der Waals surface area contributed by atoms with E-state index < -0.39 is 0 Å². The van der Waals surface area contributed by atoms with E-state index in [0.717, 1.165) is 28.0 Å². The number of aryl methyl sites for hydroxylation is 1. The Kier molecular flexibility index (Phi) is 3.36. The molecule has 1 aromatic heterocycles. The highest BCUT2D eigenvalue weighted by molar-refractivity contribution is 5.94. The molecule has 0 saturated carbocycles. The van der Waals surface area contributed by atoms with Crippen LogP contribution >= 0.6 is 0 Å². The molecule has 0 aliphatic carbocycles. The second kappa shape index (κ2) is 5.32. The van der Waals surface area contributed by atoms with Crippen LogP contribution in [0.3, 0.4) is 0 Å². The van der Waals surface area contributed by atoms with E-state index in [9.17, 15) is 4.79 Å². The summed E-state index contributed by atoms with van der Waals surface area (Å²) in [7, 11) is 0. The summed E-state index contributed by atoms with van der Waals surface area (Å²) in [5, 5.41) is 9.66. The van der Waals surface area contributed by atoms with Crippen molar-refractivity contribution >= 4 is 28.1 Å². The molecule has 0 aliphatic rings.